The van der Waals surface area contributed by atoms with E-state index in [1.165, 1.54) is 19.9 Å². The van der Waals surface area contributed by atoms with Crippen molar-refractivity contribution in [1.82, 2.24) is 0 Å². The number of carbonyl (C=O) groups excluding carboxylic acids is 1. The van der Waals surface area contributed by atoms with Crippen LogP contribution in [0.5, 0.6) is 5.75 Å². The Balaban J connectivity index is 3.08. The number of hydrogen-bond acceptors (Lipinski definition) is 5. The lowest BCUT2D eigenvalue weighted by molar-refractivity contribution is -0.384. The molecule has 0 fully saturated rings. The van der Waals surface area contributed by atoms with E-state index in [2.05, 4.69) is 11.8 Å². The number of amides is 1. The van der Waals surface area contributed by atoms with Crippen LogP contribution >= 0.6 is 11.6 Å². The van der Waals surface area contributed by atoms with Crippen LogP contribution in [0.25, 0.3) is 0 Å². The van der Waals surface area contributed by atoms with E-state index in [9.17, 15) is 20.0 Å². The Morgan fingerprint density at radius 3 is 2.67 bits per heavy atom. The van der Waals surface area contributed by atoms with Gasteiger partial charge in [-0.15, -0.1) is 0 Å². The average molecular weight is 313 g/mol. The molecule has 0 aliphatic carbocycles. The standard InChI is InChI=1S/C13H13ClN2O5/c1-13(2,18)4-3-5-21-10-7-8(12(15)17)6-9(11(10)14)16(19)20/h6-7,18H,5H2,1-2H3,(H2,15,17). The van der Waals surface area contributed by atoms with E-state index < -0.39 is 22.1 Å². The zero-order valence-electron chi connectivity index (χ0n) is 11.3. The van der Waals surface area contributed by atoms with E-state index in [-0.39, 0.29) is 22.9 Å². The minimum absolute atomic E-state index is 0.0790. The highest BCUT2D eigenvalue weighted by atomic mass is 35.5. The van der Waals surface area contributed by atoms with Gasteiger partial charge in [0.25, 0.3) is 5.69 Å². The Bertz CT molecular complexity index is 640. The van der Waals surface area contributed by atoms with Gasteiger partial charge in [-0.1, -0.05) is 23.4 Å². The maximum absolute atomic E-state index is 11.1. The molecule has 0 spiro atoms. The molecule has 3 N–H and O–H groups in total. The van der Waals surface area contributed by atoms with Crippen molar-refractivity contribution in [3.63, 3.8) is 0 Å². The fraction of sp³-hybridized carbons (Fsp3) is 0.308. The van der Waals surface area contributed by atoms with Crippen molar-refractivity contribution in [3.8, 4) is 17.6 Å². The van der Waals surface area contributed by atoms with E-state index in [4.69, 9.17) is 22.1 Å². The largest absolute Gasteiger partial charge is 0.479 e. The summed E-state index contributed by atoms with van der Waals surface area (Å²) in [5.74, 6) is 4.11. The average Bonchev–Trinajstić information content (AvgIpc) is 2.34. The Morgan fingerprint density at radius 1 is 1.57 bits per heavy atom. The molecule has 0 aromatic heterocycles. The number of nitrogens with zero attached hydrogens (tertiary/aromatic N) is 1. The van der Waals surface area contributed by atoms with Crippen molar-refractivity contribution in [3.05, 3.63) is 32.8 Å². The SMILES string of the molecule is CC(C)(O)C#CCOc1cc(C(N)=O)cc([N+](=O)[O-])c1Cl. The molecule has 21 heavy (non-hydrogen) atoms. The first-order valence-electron chi connectivity index (χ1n) is 5.75. The summed E-state index contributed by atoms with van der Waals surface area (Å²) in [5, 5.41) is 20.0. The van der Waals surface area contributed by atoms with Crippen LogP contribution in [0.15, 0.2) is 12.1 Å². The van der Waals surface area contributed by atoms with E-state index in [1.807, 2.05) is 0 Å². The Labute approximate surface area is 125 Å². The molecule has 7 nitrogen and oxygen atoms in total. The molecular formula is C13H13ClN2O5. The summed E-state index contributed by atoms with van der Waals surface area (Å²) in [4.78, 5) is 21.3. The van der Waals surface area contributed by atoms with Crippen LogP contribution in [0, 0.1) is 22.0 Å². The molecule has 112 valence electrons. The summed E-state index contributed by atoms with van der Waals surface area (Å²) in [6.07, 6.45) is 0. The van der Waals surface area contributed by atoms with Crippen LogP contribution in [0.3, 0.4) is 0 Å². The Morgan fingerprint density at radius 2 is 2.19 bits per heavy atom. The van der Waals surface area contributed by atoms with Crippen molar-refractivity contribution in [2.24, 2.45) is 5.73 Å². The van der Waals surface area contributed by atoms with E-state index >= 15 is 0 Å². The van der Waals surface area contributed by atoms with Crippen molar-refractivity contribution in [2.75, 3.05) is 6.61 Å². The maximum atomic E-state index is 11.1. The van der Waals surface area contributed by atoms with Gasteiger partial charge in [-0.05, 0) is 19.9 Å². The normalized spacial score (nSPS) is 10.5. The first kappa shape index (κ1) is 16.8. The molecule has 8 heteroatoms. The predicted molar refractivity (Wildman–Crippen MR) is 76.2 cm³/mol. The fourth-order valence-electron chi connectivity index (χ4n) is 1.33. The molecule has 1 aromatic rings. The van der Waals surface area contributed by atoms with Crippen LogP contribution < -0.4 is 10.5 Å². The van der Waals surface area contributed by atoms with Crippen LogP contribution in [-0.4, -0.2) is 28.1 Å². The highest BCUT2D eigenvalue weighted by Gasteiger charge is 2.21. The van der Waals surface area contributed by atoms with Gasteiger partial charge in [0.05, 0.1) is 4.92 Å². The first-order chi connectivity index (χ1) is 9.61. The number of halogens is 1. The number of rotatable bonds is 4. The van der Waals surface area contributed by atoms with Crippen LogP contribution in [-0.2, 0) is 0 Å². The summed E-state index contributed by atoms with van der Waals surface area (Å²) in [6.45, 7) is 2.82. The number of ether oxygens (including phenoxy) is 1. The summed E-state index contributed by atoms with van der Waals surface area (Å²) in [6, 6.07) is 2.17. The zero-order chi connectivity index (χ0) is 16.2. The topological polar surface area (TPSA) is 116 Å². The molecule has 0 saturated carbocycles. The van der Waals surface area contributed by atoms with Gasteiger partial charge in [-0.25, -0.2) is 0 Å². The van der Waals surface area contributed by atoms with E-state index in [0.717, 1.165) is 6.07 Å². The summed E-state index contributed by atoms with van der Waals surface area (Å²) >= 11 is 5.83. The second-order valence-corrected chi connectivity index (χ2v) is 4.96. The Hall–Kier alpha value is -2.30. The lowest BCUT2D eigenvalue weighted by atomic mass is 10.1. The van der Waals surface area contributed by atoms with Gasteiger partial charge in [-0.3, -0.25) is 14.9 Å². The first-order valence-corrected chi connectivity index (χ1v) is 6.12. The van der Waals surface area contributed by atoms with Gasteiger partial charge in [-0.2, -0.15) is 0 Å². The van der Waals surface area contributed by atoms with Crippen molar-refractivity contribution >= 4 is 23.2 Å². The van der Waals surface area contributed by atoms with Crippen molar-refractivity contribution in [1.29, 1.82) is 0 Å². The van der Waals surface area contributed by atoms with Gasteiger partial charge >= 0.3 is 0 Å². The molecule has 1 rings (SSSR count). The smallest absolute Gasteiger partial charge is 0.292 e. The molecular weight excluding hydrogens is 300 g/mol. The minimum Gasteiger partial charge on any atom is -0.479 e. The maximum Gasteiger partial charge on any atom is 0.292 e. The zero-order valence-corrected chi connectivity index (χ0v) is 12.1. The van der Waals surface area contributed by atoms with E-state index in [0.29, 0.717) is 0 Å². The van der Waals surface area contributed by atoms with Gasteiger partial charge in [0, 0.05) is 11.6 Å². The van der Waals surface area contributed by atoms with Crippen LogP contribution in [0.1, 0.15) is 24.2 Å². The predicted octanol–water partition coefficient (Wildman–Crippen LogP) is 1.50. The molecule has 0 saturated heterocycles. The fourth-order valence-corrected chi connectivity index (χ4v) is 1.56. The molecule has 0 aliphatic rings. The molecule has 0 heterocycles. The lowest BCUT2D eigenvalue weighted by Gasteiger charge is -2.08. The second kappa shape index (κ2) is 6.43. The third-order valence-corrected chi connectivity index (χ3v) is 2.58. The summed E-state index contributed by atoms with van der Waals surface area (Å²) in [5.41, 5.74) is 3.32. The monoisotopic (exact) mass is 312 g/mol. The third-order valence-electron chi connectivity index (χ3n) is 2.20. The quantitative estimate of drug-likeness (QED) is 0.496. The van der Waals surface area contributed by atoms with Gasteiger partial charge in [0.1, 0.15) is 18.0 Å². The molecule has 1 amide bonds. The Kier molecular flexibility index (Phi) is 5.13. The van der Waals surface area contributed by atoms with Gasteiger partial charge in [0.15, 0.2) is 5.02 Å². The number of hydrogen-bond donors (Lipinski definition) is 2. The van der Waals surface area contributed by atoms with Gasteiger partial charge < -0.3 is 15.6 Å². The molecule has 1 aromatic carbocycles. The van der Waals surface area contributed by atoms with Crippen molar-refractivity contribution < 1.29 is 19.6 Å². The number of nitro groups is 1. The minimum atomic E-state index is -1.19. The molecule has 0 atom stereocenters. The number of carbonyl (C=O) groups is 1. The third kappa shape index (κ3) is 4.95. The highest BCUT2D eigenvalue weighted by Crippen LogP contribution is 2.35. The molecule has 0 radical (unpaired) electrons. The lowest BCUT2D eigenvalue weighted by Crippen LogP contribution is -2.15. The number of nitro benzene ring substituents is 1. The summed E-state index contributed by atoms with van der Waals surface area (Å²) in [7, 11) is 0. The molecule has 0 bridgehead atoms. The van der Waals surface area contributed by atoms with E-state index in [1.54, 1.807) is 0 Å². The van der Waals surface area contributed by atoms with Crippen molar-refractivity contribution in [2.45, 2.75) is 19.4 Å². The number of primary amides is 1. The number of nitrogens with two attached hydrogens (primary N) is 1. The summed E-state index contributed by atoms with van der Waals surface area (Å²) < 4.78 is 5.18. The number of aliphatic hydroxyl groups is 1. The molecule has 0 aliphatic heterocycles. The second-order valence-electron chi connectivity index (χ2n) is 4.58. The van der Waals surface area contributed by atoms with Crippen LogP contribution in [0.4, 0.5) is 5.69 Å². The number of benzene rings is 1. The highest BCUT2D eigenvalue weighted by molar-refractivity contribution is 6.34. The van der Waals surface area contributed by atoms with Gasteiger partial charge in [0.2, 0.25) is 5.91 Å². The van der Waals surface area contributed by atoms with Crippen LogP contribution in [0.2, 0.25) is 5.02 Å². The molecule has 0 unspecified atom stereocenters.